The summed E-state index contributed by atoms with van der Waals surface area (Å²) in [6.45, 7) is 2.50. The molecule has 0 heterocycles. The smallest absolute Gasteiger partial charge is 0.242 e. The minimum atomic E-state index is -3.46. The zero-order valence-electron chi connectivity index (χ0n) is 14.5. The Morgan fingerprint density at radius 1 is 1.04 bits per heavy atom. The van der Waals surface area contributed by atoms with Crippen molar-refractivity contribution >= 4 is 21.6 Å². The van der Waals surface area contributed by atoms with Crippen LogP contribution in [-0.2, 0) is 21.2 Å². The fraction of sp³-hybridized carbons (Fsp3) is 0.278. The van der Waals surface area contributed by atoms with Gasteiger partial charge in [-0.25, -0.2) is 12.7 Å². The molecule has 2 aromatic rings. The highest BCUT2D eigenvalue weighted by molar-refractivity contribution is 7.89. The second-order valence-corrected chi connectivity index (χ2v) is 7.77. The van der Waals surface area contributed by atoms with Crippen molar-refractivity contribution in [3.63, 3.8) is 0 Å². The van der Waals surface area contributed by atoms with Gasteiger partial charge in [0, 0.05) is 19.8 Å². The molecule has 1 amide bonds. The number of nitrogens with zero attached hydrogens (tertiary/aromatic N) is 1. The minimum Gasteiger partial charge on any atom is -0.494 e. The lowest BCUT2D eigenvalue weighted by atomic mass is 10.1. The lowest BCUT2D eigenvalue weighted by Gasteiger charge is -2.11. The number of ether oxygens (including phenoxy) is 1. The molecule has 0 fully saturated rings. The van der Waals surface area contributed by atoms with Crippen molar-refractivity contribution < 1.29 is 17.9 Å². The number of carbonyl (C=O) groups excluding carboxylic acids is 1. The van der Waals surface area contributed by atoms with E-state index in [-0.39, 0.29) is 17.2 Å². The Kier molecular flexibility index (Phi) is 6.17. The standard InChI is InChI=1S/C18H22N2O4S/c1-4-24-16-9-7-15(8-10-16)19-18(21)13-14-5-11-17(12-6-14)25(22,23)20(2)3/h5-12H,4,13H2,1-3H3,(H,19,21). The first-order valence-corrected chi connectivity index (χ1v) is 9.31. The van der Waals surface area contributed by atoms with Gasteiger partial charge >= 0.3 is 0 Å². The number of sulfonamides is 1. The molecule has 134 valence electrons. The summed E-state index contributed by atoms with van der Waals surface area (Å²) in [4.78, 5) is 12.3. The van der Waals surface area contributed by atoms with Crippen molar-refractivity contribution in [2.75, 3.05) is 26.0 Å². The molecule has 1 N–H and O–H groups in total. The molecular formula is C18H22N2O4S. The molecule has 0 aromatic heterocycles. The van der Waals surface area contributed by atoms with E-state index in [4.69, 9.17) is 4.74 Å². The normalized spacial score (nSPS) is 11.4. The zero-order valence-corrected chi connectivity index (χ0v) is 15.3. The second-order valence-electron chi connectivity index (χ2n) is 5.61. The molecule has 2 aromatic carbocycles. The summed E-state index contributed by atoms with van der Waals surface area (Å²) in [5.74, 6) is 0.575. The van der Waals surface area contributed by atoms with Crippen LogP contribution in [0.25, 0.3) is 0 Å². The van der Waals surface area contributed by atoms with E-state index in [1.54, 1.807) is 36.4 Å². The van der Waals surface area contributed by atoms with Crippen LogP contribution in [-0.4, -0.2) is 39.3 Å². The van der Waals surface area contributed by atoms with E-state index in [9.17, 15) is 13.2 Å². The van der Waals surface area contributed by atoms with Crippen LogP contribution >= 0.6 is 0 Å². The van der Waals surface area contributed by atoms with Crippen LogP contribution in [0, 0.1) is 0 Å². The van der Waals surface area contributed by atoms with E-state index in [0.29, 0.717) is 12.3 Å². The highest BCUT2D eigenvalue weighted by Crippen LogP contribution is 2.17. The summed E-state index contributed by atoms with van der Waals surface area (Å²) in [6.07, 6.45) is 0.162. The third-order valence-electron chi connectivity index (χ3n) is 3.52. The minimum absolute atomic E-state index is 0.162. The van der Waals surface area contributed by atoms with Gasteiger partial charge in [-0.05, 0) is 48.9 Å². The Balaban J connectivity index is 1.98. The molecule has 0 saturated heterocycles. The van der Waals surface area contributed by atoms with E-state index in [1.807, 2.05) is 6.92 Å². The van der Waals surface area contributed by atoms with Gasteiger partial charge in [-0.15, -0.1) is 0 Å². The maximum absolute atomic E-state index is 12.1. The molecule has 0 radical (unpaired) electrons. The number of hydrogen-bond acceptors (Lipinski definition) is 4. The number of benzene rings is 2. The molecule has 0 atom stereocenters. The number of hydrogen-bond donors (Lipinski definition) is 1. The van der Waals surface area contributed by atoms with Gasteiger partial charge < -0.3 is 10.1 Å². The van der Waals surface area contributed by atoms with Gasteiger partial charge in [0.25, 0.3) is 0 Å². The van der Waals surface area contributed by atoms with E-state index >= 15 is 0 Å². The predicted molar refractivity (Wildman–Crippen MR) is 97.3 cm³/mol. The van der Waals surface area contributed by atoms with Crippen LogP contribution in [0.1, 0.15) is 12.5 Å². The van der Waals surface area contributed by atoms with Crippen LogP contribution in [0.4, 0.5) is 5.69 Å². The third-order valence-corrected chi connectivity index (χ3v) is 5.35. The van der Waals surface area contributed by atoms with Crippen molar-refractivity contribution in [2.24, 2.45) is 0 Å². The number of anilines is 1. The Morgan fingerprint density at radius 2 is 1.64 bits per heavy atom. The zero-order chi connectivity index (χ0) is 18.4. The van der Waals surface area contributed by atoms with E-state index in [2.05, 4.69) is 5.32 Å². The molecule has 2 rings (SSSR count). The Hall–Kier alpha value is -2.38. The molecule has 0 unspecified atom stereocenters. The van der Waals surface area contributed by atoms with Crippen LogP contribution in [0.5, 0.6) is 5.75 Å². The maximum Gasteiger partial charge on any atom is 0.242 e. The monoisotopic (exact) mass is 362 g/mol. The molecule has 7 heteroatoms. The summed E-state index contributed by atoms with van der Waals surface area (Å²) in [6, 6.07) is 13.4. The van der Waals surface area contributed by atoms with Crippen molar-refractivity contribution in [1.82, 2.24) is 4.31 Å². The molecule has 0 spiro atoms. The van der Waals surface area contributed by atoms with Crippen molar-refractivity contribution in [2.45, 2.75) is 18.2 Å². The number of amides is 1. The van der Waals surface area contributed by atoms with Crippen LogP contribution in [0.2, 0.25) is 0 Å². The first-order valence-electron chi connectivity index (χ1n) is 7.87. The topological polar surface area (TPSA) is 75.7 Å². The third kappa shape index (κ3) is 5.04. The molecule has 0 aliphatic carbocycles. The quantitative estimate of drug-likeness (QED) is 0.821. The van der Waals surface area contributed by atoms with Gasteiger partial charge in [-0.1, -0.05) is 12.1 Å². The van der Waals surface area contributed by atoms with Gasteiger partial charge in [0.1, 0.15) is 5.75 Å². The second kappa shape index (κ2) is 8.13. The molecule has 6 nitrogen and oxygen atoms in total. The highest BCUT2D eigenvalue weighted by atomic mass is 32.2. The fourth-order valence-electron chi connectivity index (χ4n) is 2.18. The van der Waals surface area contributed by atoms with Gasteiger partial charge in [0.15, 0.2) is 0 Å². The average Bonchev–Trinajstić information content (AvgIpc) is 2.57. The SMILES string of the molecule is CCOc1ccc(NC(=O)Cc2ccc(S(=O)(=O)N(C)C)cc2)cc1. The summed E-state index contributed by atoms with van der Waals surface area (Å²) >= 11 is 0. The molecule has 0 aliphatic rings. The maximum atomic E-state index is 12.1. The number of rotatable bonds is 7. The fourth-order valence-corrected chi connectivity index (χ4v) is 3.08. The largest absolute Gasteiger partial charge is 0.494 e. The highest BCUT2D eigenvalue weighted by Gasteiger charge is 2.16. The molecule has 0 bridgehead atoms. The molecule has 0 aliphatic heterocycles. The first-order chi connectivity index (χ1) is 11.8. The van der Waals surface area contributed by atoms with Crippen LogP contribution in [0.15, 0.2) is 53.4 Å². The Bertz CT molecular complexity index is 813. The molecular weight excluding hydrogens is 340 g/mol. The van der Waals surface area contributed by atoms with Crippen molar-refractivity contribution in [3.05, 3.63) is 54.1 Å². The summed E-state index contributed by atoms with van der Waals surface area (Å²) < 4.78 is 30.5. The number of nitrogens with one attached hydrogen (secondary N) is 1. The molecule has 25 heavy (non-hydrogen) atoms. The van der Waals surface area contributed by atoms with Gasteiger partial charge in [0.2, 0.25) is 15.9 Å². The Labute approximate surface area is 148 Å². The van der Waals surface area contributed by atoms with Crippen molar-refractivity contribution in [1.29, 1.82) is 0 Å². The summed E-state index contributed by atoms with van der Waals surface area (Å²) in [5.41, 5.74) is 1.42. The van der Waals surface area contributed by atoms with E-state index in [0.717, 1.165) is 15.6 Å². The Morgan fingerprint density at radius 3 is 2.16 bits per heavy atom. The summed E-state index contributed by atoms with van der Waals surface area (Å²) in [5, 5.41) is 2.80. The predicted octanol–water partition coefficient (Wildman–Crippen LogP) is 2.52. The van der Waals surface area contributed by atoms with Crippen LogP contribution < -0.4 is 10.1 Å². The van der Waals surface area contributed by atoms with E-state index < -0.39 is 10.0 Å². The first kappa shape index (κ1) is 19.0. The molecule has 0 saturated carbocycles. The lowest BCUT2D eigenvalue weighted by Crippen LogP contribution is -2.22. The van der Waals surface area contributed by atoms with E-state index in [1.165, 1.54) is 26.2 Å². The van der Waals surface area contributed by atoms with Crippen molar-refractivity contribution in [3.8, 4) is 5.75 Å². The van der Waals surface area contributed by atoms with Gasteiger partial charge in [0.05, 0.1) is 17.9 Å². The van der Waals surface area contributed by atoms with Crippen LogP contribution in [0.3, 0.4) is 0 Å². The van der Waals surface area contributed by atoms with Gasteiger partial charge in [-0.3, -0.25) is 4.79 Å². The lowest BCUT2D eigenvalue weighted by molar-refractivity contribution is -0.115. The van der Waals surface area contributed by atoms with Gasteiger partial charge in [-0.2, -0.15) is 0 Å². The number of carbonyl (C=O) groups is 1. The average molecular weight is 362 g/mol. The summed E-state index contributed by atoms with van der Waals surface area (Å²) in [7, 11) is -0.499.